The van der Waals surface area contributed by atoms with Gasteiger partial charge in [-0.05, 0) is 125 Å². The molecule has 2 unspecified atom stereocenters. The predicted molar refractivity (Wildman–Crippen MR) is 152 cm³/mol. The van der Waals surface area contributed by atoms with Crippen LogP contribution in [0.1, 0.15) is 119 Å². The first-order chi connectivity index (χ1) is 16.2. The van der Waals surface area contributed by atoms with Crippen molar-refractivity contribution in [3.05, 3.63) is 70.4 Å². The van der Waals surface area contributed by atoms with Crippen molar-refractivity contribution in [1.82, 2.24) is 0 Å². The summed E-state index contributed by atoms with van der Waals surface area (Å²) in [4.78, 5) is 11.6. The molecule has 0 amide bonds. The summed E-state index contributed by atoms with van der Waals surface area (Å²) >= 11 is 0. The van der Waals surface area contributed by atoms with E-state index in [-0.39, 0.29) is 5.92 Å². The summed E-state index contributed by atoms with van der Waals surface area (Å²) < 4.78 is 0. The Labute approximate surface area is 211 Å². The molecule has 0 fully saturated rings. The first-order valence-electron chi connectivity index (χ1n) is 13.6. The highest BCUT2D eigenvalue weighted by molar-refractivity contribution is 5.55. The molecule has 0 bridgehead atoms. The van der Waals surface area contributed by atoms with E-state index >= 15 is 0 Å². The Balaban J connectivity index is 2.45. The first-order valence-corrected chi connectivity index (χ1v) is 13.6. The molecule has 0 aromatic heterocycles. The molecule has 0 aromatic rings. The first kappa shape index (κ1) is 30.1. The number of hydrogen-bond donors (Lipinski definition) is 0. The van der Waals surface area contributed by atoms with Crippen molar-refractivity contribution in [1.29, 1.82) is 0 Å². The van der Waals surface area contributed by atoms with Crippen molar-refractivity contribution in [3.63, 3.8) is 0 Å². The molecule has 190 valence electrons. The van der Waals surface area contributed by atoms with Crippen LogP contribution in [0.15, 0.2) is 70.4 Å². The van der Waals surface area contributed by atoms with Crippen LogP contribution in [0.4, 0.5) is 0 Å². The fourth-order valence-electron chi connectivity index (χ4n) is 4.69. The van der Waals surface area contributed by atoms with E-state index in [0.29, 0.717) is 5.92 Å². The Morgan fingerprint density at radius 1 is 0.824 bits per heavy atom. The smallest absolute Gasteiger partial charge is 0.123 e. The molecule has 0 aromatic carbocycles. The van der Waals surface area contributed by atoms with Crippen LogP contribution in [0.25, 0.3) is 0 Å². The van der Waals surface area contributed by atoms with Crippen LogP contribution in [-0.4, -0.2) is 6.29 Å². The molecule has 0 aliphatic heterocycles. The summed E-state index contributed by atoms with van der Waals surface area (Å²) in [6, 6.07) is 0. The lowest BCUT2D eigenvalue weighted by Gasteiger charge is -2.26. The molecule has 1 heteroatoms. The topological polar surface area (TPSA) is 17.1 Å². The second-order valence-corrected chi connectivity index (χ2v) is 11.0. The minimum atomic E-state index is 0.201. The molecule has 1 aliphatic rings. The third-order valence-corrected chi connectivity index (χ3v) is 6.79. The summed E-state index contributed by atoms with van der Waals surface area (Å²) in [7, 11) is 0. The van der Waals surface area contributed by atoms with Crippen LogP contribution < -0.4 is 0 Å². The molecule has 0 radical (unpaired) electrons. The zero-order valence-corrected chi connectivity index (χ0v) is 23.2. The van der Waals surface area contributed by atoms with Crippen LogP contribution >= 0.6 is 0 Å². The van der Waals surface area contributed by atoms with Crippen molar-refractivity contribution in [2.75, 3.05) is 0 Å². The van der Waals surface area contributed by atoms with E-state index in [2.05, 4.69) is 78.5 Å². The van der Waals surface area contributed by atoms with Crippen LogP contribution in [0.5, 0.6) is 0 Å². The quantitative estimate of drug-likeness (QED) is 0.164. The zero-order chi connectivity index (χ0) is 25.3. The number of rotatable bonds is 16. The lowest BCUT2D eigenvalue weighted by atomic mass is 9.79. The average Bonchev–Trinajstić information content (AvgIpc) is 2.77. The number of hydrogen-bond acceptors (Lipinski definition) is 1. The fourth-order valence-corrected chi connectivity index (χ4v) is 4.69. The van der Waals surface area contributed by atoms with Gasteiger partial charge in [0.05, 0.1) is 0 Å². The van der Waals surface area contributed by atoms with E-state index in [9.17, 15) is 4.79 Å². The van der Waals surface area contributed by atoms with Crippen molar-refractivity contribution < 1.29 is 4.79 Å². The average molecular weight is 465 g/mol. The number of carbonyl (C=O) groups is 1. The van der Waals surface area contributed by atoms with Gasteiger partial charge in [0.1, 0.15) is 6.29 Å². The number of allylic oxidation sites excluding steroid dienone is 11. The molecule has 1 nitrogen and oxygen atoms in total. The summed E-state index contributed by atoms with van der Waals surface area (Å²) in [5.74, 6) is 0.729. The van der Waals surface area contributed by atoms with E-state index in [4.69, 9.17) is 0 Å². The molecule has 34 heavy (non-hydrogen) atoms. The normalized spacial score (nSPS) is 18.8. The van der Waals surface area contributed by atoms with Gasteiger partial charge in [-0.3, -0.25) is 0 Å². The Kier molecular flexibility index (Phi) is 15.5. The minimum absolute atomic E-state index is 0.201. The lowest BCUT2D eigenvalue weighted by Crippen LogP contribution is -2.16. The van der Waals surface area contributed by atoms with Crippen LogP contribution in [0.2, 0.25) is 0 Å². The Morgan fingerprint density at radius 2 is 1.38 bits per heavy atom. The molecular formula is C33H52O. The van der Waals surface area contributed by atoms with Gasteiger partial charge in [-0.25, -0.2) is 0 Å². The summed E-state index contributed by atoms with van der Waals surface area (Å²) in [5, 5.41) is 0. The zero-order valence-electron chi connectivity index (χ0n) is 23.2. The molecule has 2 atom stereocenters. The monoisotopic (exact) mass is 464 g/mol. The second kappa shape index (κ2) is 17.5. The third kappa shape index (κ3) is 15.1. The van der Waals surface area contributed by atoms with Crippen molar-refractivity contribution in [3.8, 4) is 0 Å². The molecular weight excluding hydrogens is 412 g/mol. The van der Waals surface area contributed by atoms with E-state index in [1.165, 1.54) is 39.7 Å². The lowest BCUT2D eigenvalue weighted by molar-refractivity contribution is -0.111. The number of carbonyl (C=O) groups excluding carboxylic acids is 1. The van der Waals surface area contributed by atoms with E-state index < -0.39 is 0 Å². The largest absolute Gasteiger partial charge is 0.303 e. The highest BCUT2D eigenvalue weighted by Gasteiger charge is 2.21. The van der Waals surface area contributed by atoms with Gasteiger partial charge in [-0.15, -0.1) is 0 Å². The molecule has 0 N–H and O–H groups in total. The molecule has 1 rings (SSSR count). The van der Waals surface area contributed by atoms with Gasteiger partial charge < -0.3 is 4.79 Å². The summed E-state index contributed by atoms with van der Waals surface area (Å²) in [5.41, 5.74) is 8.61. The van der Waals surface area contributed by atoms with Crippen molar-refractivity contribution in [2.24, 2.45) is 11.8 Å². The minimum Gasteiger partial charge on any atom is -0.303 e. The fraction of sp³-hybridized carbons (Fsp3) is 0.606. The Morgan fingerprint density at radius 3 is 1.94 bits per heavy atom. The summed E-state index contributed by atoms with van der Waals surface area (Å²) in [6.07, 6.45) is 26.3. The molecule has 1 aliphatic carbocycles. The van der Waals surface area contributed by atoms with Crippen LogP contribution in [0, 0.1) is 11.8 Å². The highest BCUT2D eigenvalue weighted by atomic mass is 16.1. The van der Waals surface area contributed by atoms with Gasteiger partial charge in [0, 0.05) is 5.92 Å². The Bertz CT molecular complexity index is 775. The predicted octanol–water partition coefficient (Wildman–Crippen LogP) is 10.4. The van der Waals surface area contributed by atoms with Gasteiger partial charge in [0.15, 0.2) is 0 Å². The molecule has 0 heterocycles. The van der Waals surface area contributed by atoms with Gasteiger partial charge in [0.25, 0.3) is 0 Å². The maximum atomic E-state index is 11.6. The standard InChI is InChI=1S/C33H52O/c1-26(2)12-8-14-28(5)16-10-17-30(7)20-21-32-22-31(23-33(24-32)25-34)19-11-18-29(6)15-9-13-27(3)4/h12-13,16,18,22,25,32-33H,7-11,14-15,17,19-21,23-24H2,1-6H3/b28-16+,29-18+. The van der Waals surface area contributed by atoms with Gasteiger partial charge in [-0.2, -0.15) is 0 Å². The number of aldehydes is 1. The van der Waals surface area contributed by atoms with E-state index in [1.807, 2.05) is 0 Å². The second-order valence-electron chi connectivity index (χ2n) is 11.0. The highest BCUT2D eigenvalue weighted by Crippen LogP contribution is 2.33. The SMILES string of the molecule is C=C(CC/C=C(\C)CCC=C(C)C)CCC1C=C(CC/C=C(\C)CCC=C(C)C)CC(C=O)C1. The van der Waals surface area contributed by atoms with E-state index in [0.717, 1.165) is 77.0 Å². The van der Waals surface area contributed by atoms with Crippen molar-refractivity contribution >= 4 is 6.29 Å². The Hall–Kier alpha value is -1.89. The van der Waals surface area contributed by atoms with Gasteiger partial charge >= 0.3 is 0 Å². The van der Waals surface area contributed by atoms with Crippen LogP contribution in [0.3, 0.4) is 0 Å². The molecule has 0 saturated carbocycles. The molecule has 0 saturated heterocycles. The van der Waals surface area contributed by atoms with Gasteiger partial charge in [-0.1, -0.05) is 70.4 Å². The van der Waals surface area contributed by atoms with E-state index in [1.54, 1.807) is 0 Å². The van der Waals surface area contributed by atoms with Gasteiger partial charge in [0.2, 0.25) is 0 Å². The summed E-state index contributed by atoms with van der Waals surface area (Å²) in [6.45, 7) is 17.5. The molecule has 0 spiro atoms. The maximum absolute atomic E-state index is 11.6. The van der Waals surface area contributed by atoms with Crippen molar-refractivity contribution in [2.45, 2.75) is 119 Å². The van der Waals surface area contributed by atoms with Crippen LogP contribution in [-0.2, 0) is 4.79 Å². The maximum Gasteiger partial charge on any atom is 0.123 e. The third-order valence-electron chi connectivity index (χ3n) is 6.79.